The minimum absolute atomic E-state index is 0.296. The third kappa shape index (κ3) is 3.08. The van der Waals surface area contributed by atoms with Gasteiger partial charge < -0.3 is 10.4 Å². The number of carboxylic acid groups (broad SMARTS) is 1. The first kappa shape index (κ1) is 14.8. The van der Waals surface area contributed by atoms with E-state index in [-0.39, 0.29) is 0 Å². The van der Waals surface area contributed by atoms with Crippen molar-refractivity contribution in [1.29, 1.82) is 0 Å². The summed E-state index contributed by atoms with van der Waals surface area (Å²) in [6, 6.07) is 1.86. The van der Waals surface area contributed by atoms with Crippen LogP contribution in [0.5, 0.6) is 0 Å². The molecular weight excluding hydrogens is 254 g/mol. The second-order valence-corrected chi connectivity index (χ2v) is 6.20. The minimum atomic E-state index is -0.889. The van der Waals surface area contributed by atoms with Gasteiger partial charge in [0.25, 0.3) is 0 Å². The van der Waals surface area contributed by atoms with Gasteiger partial charge in [-0.15, -0.1) is 0 Å². The van der Waals surface area contributed by atoms with Gasteiger partial charge in [0.1, 0.15) is 17.7 Å². The molecule has 1 aliphatic carbocycles. The highest BCUT2D eigenvalue weighted by molar-refractivity contribution is 5.82. The summed E-state index contributed by atoms with van der Waals surface area (Å²) < 4.78 is 0. The van der Waals surface area contributed by atoms with E-state index >= 15 is 0 Å². The predicted molar refractivity (Wildman–Crippen MR) is 77.7 cm³/mol. The van der Waals surface area contributed by atoms with Crippen LogP contribution >= 0.6 is 0 Å². The van der Waals surface area contributed by atoms with Crippen molar-refractivity contribution in [2.45, 2.75) is 57.9 Å². The van der Waals surface area contributed by atoms with E-state index in [1.165, 1.54) is 6.33 Å². The summed E-state index contributed by atoms with van der Waals surface area (Å²) in [5.41, 5.74) is 0.0344. The van der Waals surface area contributed by atoms with Crippen LogP contribution in [0.2, 0.25) is 0 Å². The molecule has 1 fully saturated rings. The molecular formula is C15H23N3O2. The van der Waals surface area contributed by atoms with Gasteiger partial charge in [-0.2, -0.15) is 0 Å². The summed E-state index contributed by atoms with van der Waals surface area (Å²) in [4.78, 5) is 20.1. The molecule has 0 aliphatic heterocycles. The molecule has 1 aromatic rings. The zero-order valence-corrected chi connectivity index (χ0v) is 12.4. The van der Waals surface area contributed by atoms with E-state index in [4.69, 9.17) is 0 Å². The zero-order valence-electron chi connectivity index (χ0n) is 12.4. The van der Waals surface area contributed by atoms with E-state index in [9.17, 15) is 9.90 Å². The Labute approximate surface area is 119 Å². The van der Waals surface area contributed by atoms with Gasteiger partial charge in [-0.05, 0) is 24.7 Å². The largest absolute Gasteiger partial charge is 0.480 e. The van der Waals surface area contributed by atoms with E-state index in [2.05, 4.69) is 36.1 Å². The first-order chi connectivity index (χ1) is 9.43. The first-order valence-electron chi connectivity index (χ1n) is 7.26. The van der Waals surface area contributed by atoms with Crippen LogP contribution < -0.4 is 5.32 Å². The van der Waals surface area contributed by atoms with Crippen molar-refractivity contribution >= 4 is 11.8 Å². The number of nitrogens with one attached hydrogen (secondary N) is 1. The average molecular weight is 277 g/mol. The third-order valence-corrected chi connectivity index (χ3v) is 4.05. The summed E-state index contributed by atoms with van der Waals surface area (Å²) in [7, 11) is 0. The normalized spacial score (nSPS) is 26.5. The molecule has 2 unspecified atom stereocenters. The van der Waals surface area contributed by atoms with Crippen LogP contribution in [-0.2, 0) is 4.79 Å². The fraction of sp³-hybridized carbons (Fsp3) is 0.667. The van der Waals surface area contributed by atoms with Gasteiger partial charge >= 0.3 is 5.97 Å². The van der Waals surface area contributed by atoms with E-state index in [0.717, 1.165) is 18.5 Å². The number of aliphatic carboxylic acids is 1. The van der Waals surface area contributed by atoms with Crippen molar-refractivity contribution < 1.29 is 9.90 Å². The Morgan fingerprint density at radius 2 is 2.25 bits per heavy atom. The average Bonchev–Trinajstić information content (AvgIpc) is 2.38. The maximum Gasteiger partial charge on any atom is 0.329 e. The second kappa shape index (κ2) is 5.77. The van der Waals surface area contributed by atoms with Crippen molar-refractivity contribution in [2.24, 2.45) is 5.92 Å². The van der Waals surface area contributed by atoms with Crippen molar-refractivity contribution in [3.8, 4) is 0 Å². The monoisotopic (exact) mass is 277 g/mol. The maximum atomic E-state index is 11.7. The number of anilines is 1. The molecule has 2 N–H and O–H groups in total. The zero-order chi connectivity index (χ0) is 14.8. The number of carboxylic acids is 1. The van der Waals surface area contributed by atoms with Gasteiger partial charge in [-0.3, -0.25) is 0 Å². The Hall–Kier alpha value is -1.65. The van der Waals surface area contributed by atoms with Crippen molar-refractivity contribution in [3.05, 3.63) is 18.1 Å². The molecule has 5 nitrogen and oxygen atoms in total. The van der Waals surface area contributed by atoms with Crippen molar-refractivity contribution in [1.82, 2.24) is 9.97 Å². The fourth-order valence-electron chi connectivity index (χ4n) is 2.91. The second-order valence-electron chi connectivity index (χ2n) is 6.20. The van der Waals surface area contributed by atoms with Crippen LogP contribution in [0.3, 0.4) is 0 Å². The molecule has 20 heavy (non-hydrogen) atoms. The third-order valence-electron chi connectivity index (χ3n) is 4.05. The summed E-state index contributed by atoms with van der Waals surface area (Å²) in [5, 5.41) is 12.8. The smallest absolute Gasteiger partial charge is 0.329 e. The molecule has 0 aromatic carbocycles. The van der Waals surface area contributed by atoms with Crippen LogP contribution in [0.4, 0.5) is 5.82 Å². The quantitative estimate of drug-likeness (QED) is 0.884. The summed E-state index contributed by atoms with van der Waals surface area (Å²) in [6.45, 7) is 6.22. The minimum Gasteiger partial charge on any atom is -0.480 e. The summed E-state index contributed by atoms with van der Waals surface area (Å²) in [6.07, 6.45) is 4.82. The van der Waals surface area contributed by atoms with E-state index < -0.39 is 11.5 Å². The van der Waals surface area contributed by atoms with Gasteiger partial charge in [-0.1, -0.05) is 33.6 Å². The van der Waals surface area contributed by atoms with Crippen LogP contribution in [0, 0.1) is 5.92 Å². The standard InChI is InChI=1S/C15H23N3O2/c1-10(2)12-7-13(17-9-16-12)18-15(14(19)20)6-4-5-11(3)8-15/h7,9-11H,4-6,8H2,1-3H3,(H,19,20)(H,16,17,18). The highest BCUT2D eigenvalue weighted by Gasteiger charge is 2.42. The molecule has 5 heteroatoms. The lowest BCUT2D eigenvalue weighted by atomic mass is 9.76. The molecule has 1 aromatic heterocycles. The molecule has 0 radical (unpaired) electrons. The number of hydrogen-bond acceptors (Lipinski definition) is 4. The van der Waals surface area contributed by atoms with Gasteiger partial charge in [0.15, 0.2) is 0 Å². The molecule has 0 amide bonds. The molecule has 0 bridgehead atoms. The number of aromatic nitrogens is 2. The van der Waals surface area contributed by atoms with E-state index in [0.29, 0.717) is 30.5 Å². The van der Waals surface area contributed by atoms with Crippen molar-refractivity contribution in [3.63, 3.8) is 0 Å². The fourth-order valence-corrected chi connectivity index (χ4v) is 2.91. The Bertz CT molecular complexity index is 490. The SMILES string of the molecule is CC1CCCC(Nc2cc(C(C)C)ncn2)(C(=O)O)C1. The van der Waals surface area contributed by atoms with Crippen LogP contribution in [-0.4, -0.2) is 26.6 Å². The highest BCUT2D eigenvalue weighted by Crippen LogP contribution is 2.35. The number of nitrogens with zero attached hydrogens (tertiary/aromatic N) is 2. The number of hydrogen-bond donors (Lipinski definition) is 2. The maximum absolute atomic E-state index is 11.7. The number of carbonyl (C=O) groups is 1. The molecule has 0 saturated heterocycles. The lowest BCUT2D eigenvalue weighted by Gasteiger charge is -2.37. The van der Waals surface area contributed by atoms with Crippen LogP contribution in [0.15, 0.2) is 12.4 Å². The Balaban J connectivity index is 2.24. The summed E-state index contributed by atoms with van der Waals surface area (Å²) in [5.74, 6) is 0.539. The molecule has 110 valence electrons. The molecule has 1 aliphatic rings. The predicted octanol–water partition coefficient (Wildman–Crippen LogP) is 3.05. The van der Waals surface area contributed by atoms with E-state index in [1.807, 2.05) is 6.07 Å². The van der Waals surface area contributed by atoms with Gasteiger partial charge in [0, 0.05) is 11.8 Å². The van der Waals surface area contributed by atoms with Gasteiger partial charge in [-0.25, -0.2) is 14.8 Å². The number of rotatable bonds is 4. The Morgan fingerprint density at radius 1 is 1.50 bits per heavy atom. The van der Waals surface area contributed by atoms with Crippen LogP contribution in [0.1, 0.15) is 58.1 Å². The molecule has 1 saturated carbocycles. The van der Waals surface area contributed by atoms with Gasteiger partial charge in [0.05, 0.1) is 0 Å². The summed E-state index contributed by atoms with van der Waals surface area (Å²) >= 11 is 0. The highest BCUT2D eigenvalue weighted by atomic mass is 16.4. The topological polar surface area (TPSA) is 75.1 Å². The molecule has 2 rings (SSSR count). The van der Waals surface area contributed by atoms with Crippen molar-refractivity contribution in [2.75, 3.05) is 5.32 Å². The molecule has 2 atom stereocenters. The first-order valence-corrected chi connectivity index (χ1v) is 7.26. The lowest BCUT2D eigenvalue weighted by molar-refractivity contribution is -0.144. The Kier molecular flexibility index (Phi) is 4.26. The van der Waals surface area contributed by atoms with Gasteiger partial charge in [0.2, 0.25) is 0 Å². The molecule has 0 spiro atoms. The Morgan fingerprint density at radius 3 is 2.85 bits per heavy atom. The lowest BCUT2D eigenvalue weighted by Crippen LogP contribution is -2.49. The van der Waals surface area contributed by atoms with Crippen LogP contribution in [0.25, 0.3) is 0 Å². The van der Waals surface area contributed by atoms with E-state index in [1.54, 1.807) is 0 Å². The molecule has 1 heterocycles.